The molecule has 4 heteroatoms. The highest BCUT2D eigenvalue weighted by Crippen LogP contribution is 2.31. The molecule has 2 unspecified atom stereocenters. The minimum Gasteiger partial charge on any atom is -0.322 e. The molecule has 2 atom stereocenters. The molecule has 0 aromatic carbocycles. The minimum absolute atomic E-state index is 0.100. The topological polar surface area (TPSA) is 52.0 Å². The fourth-order valence-corrected chi connectivity index (χ4v) is 3.51. The zero-order chi connectivity index (χ0) is 11.7. The highest BCUT2D eigenvalue weighted by Gasteiger charge is 2.19. The van der Waals surface area contributed by atoms with E-state index >= 15 is 0 Å². The summed E-state index contributed by atoms with van der Waals surface area (Å²) in [5, 5.41) is 4.23. The first-order valence-corrected chi connectivity index (χ1v) is 6.95. The van der Waals surface area contributed by atoms with Gasteiger partial charge in [0.2, 0.25) is 0 Å². The van der Waals surface area contributed by atoms with Crippen LogP contribution in [0.4, 0.5) is 0 Å². The van der Waals surface area contributed by atoms with E-state index in [9.17, 15) is 0 Å². The molecule has 0 aliphatic carbocycles. The van der Waals surface area contributed by atoms with E-state index in [2.05, 4.69) is 36.7 Å². The molecule has 2 aromatic heterocycles. The lowest BCUT2D eigenvalue weighted by atomic mass is 10.1. The number of aryl methyl sites for hydroxylation is 2. The van der Waals surface area contributed by atoms with Crippen molar-refractivity contribution in [1.82, 2.24) is 0 Å². The molecule has 0 saturated heterocycles. The first kappa shape index (κ1) is 11.8. The molecular weight excluding hydrogens is 236 g/mol. The molecule has 2 aromatic rings. The molecule has 0 aliphatic heterocycles. The second-order valence-corrected chi connectivity index (χ2v) is 5.99. The van der Waals surface area contributed by atoms with Crippen LogP contribution in [-0.2, 0) is 0 Å². The Bertz CT molecular complexity index is 429. The molecule has 0 aliphatic rings. The molecule has 0 saturated carbocycles. The first-order chi connectivity index (χ1) is 7.58. The van der Waals surface area contributed by atoms with E-state index in [4.69, 9.17) is 11.5 Å². The second-order valence-electron chi connectivity index (χ2n) is 4.10. The van der Waals surface area contributed by atoms with E-state index in [1.807, 2.05) is 0 Å². The van der Waals surface area contributed by atoms with Gasteiger partial charge in [0, 0.05) is 9.75 Å². The van der Waals surface area contributed by atoms with E-state index in [1.54, 1.807) is 22.7 Å². The number of nitrogens with two attached hydrogens (primary N) is 2. The Balaban J connectivity index is 2.19. The van der Waals surface area contributed by atoms with Crippen LogP contribution in [0.1, 0.15) is 33.0 Å². The van der Waals surface area contributed by atoms with Crippen molar-refractivity contribution < 1.29 is 0 Å². The summed E-state index contributed by atoms with van der Waals surface area (Å²) in [7, 11) is 0. The van der Waals surface area contributed by atoms with Crippen LogP contribution in [-0.4, -0.2) is 0 Å². The van der Waals surface area contributed by atoms with Gasteiger partial charge in [0.1, 0.15) is 0 Å². The van der Waals surface area contributed by atoms with E-state index in [1.165, 1.54) is 11.1 Å². The van der Waals surface area contributed by atoms with Crippen molar-refractivity contribution >= 4 is 22.7 Å². The number of rotatable bonds is 3. The first-order valence-electron chi connectivity index (χ1n) is 5.19. The lowest BCUT2D eigenvalue weighted by Crippen LogP contribution is -2.24. The predicted octanol–water partition coefficient (Wildman–Crippen LogP) is 3.13. The third-order valence-corrected chi connectivity index (χ3v) is 4.85. The Labute approximate surface area is 104 Å². The third-order valence-electron chi connectivity index (χ3n) is 2.55. The fraction of sp³-hybridized carbons (Fsp3) is 0.333. The molecule has 0 spiro atoms. The van der Waals surface area contributed by atoms with Gasteiger partial charge in [-0.25, -0.2) is 0 Å². The molecule has 16 heavy (non-hydrogen) atoms. The van der Waals surface area contributed by atoms with E-state index < -0.39 is 0 Å². The summed E-state index contributed by atoms with van der Waals surface area (Å²) in [4.78, 5) is 2.33. The van der Waals surface area contributed by atoms with Crippen LogP contribution in [0.2, 0.25) is 0 Å². The summed E-state index contributed by atoms with van der Waals surface area (Å²) >= 11 is 3.37. The highest BCUT2D eigenvalue weighted by atomic mass is 32.1. The van der Waals surface area contributed by atoms with Crippen LogP contribution in [0, 0.1) is 13.8 Å². The van der Waals surface area contributed by atoms with E-state index in [-0.39, 0.29) is 12.1 Å². The molecule has 4 N–H and O–H groups in total. The smallest absolute Gasteiger partial charge is 0.0593 e. The number of hydrogen-bond donors (Lipinski definition) is 2. The standard InChI is InChI=1S/C12H16N2S2/c1-7-3-9(15-5-7)11(13)12(14)10-4-8(2)6-16-10/h3-6,11-12H,13-14H2,1-2H3. The van der Waals surface area contributed by atoms with Crippen molar-refractivity contribution in [2.24, 2.45) is 11.5 Å². The summed E-state index contributed by atoms with van der Waals surface area (Å²) < 4.78 is 0. The molecule has 0 bridgehead atoms. The maximum atomic E-state index is 6.19. The van der Waals surface area contributed by atoms with Crippen LogP contribution < -0.4 is 11.5 Å². The molecule has 0 fully saturated rings. The normalized spacial score (nSPS) is 15.0. The van der Waals surface area contributed by atoms with Crippen molar-refractivity contribution in [3.8, 4) is 0 Å². The van der Waals surface area contributed by atoms with Crippen LogP contribution in [0.5, 0.6) is 0 Å². The average molecular weight is 252 g/mol. The Morgan fingerprint density at radius 3 is 1.50 bits per heavy atom. The molecule has 2 heterocycles. The molecule has 0 radical (unpaired) electrons. The van der Waals surface area contributed by atoms with Crippen molar-refractivity contribution in [2.75, 3.05) is 0 Å². The van der Waals surface area contributed by atoms with Crippen LogP contribution in [0.15, 0.2) is 22.9 Å². The van der Waals surface area contributed by atoms with Gasteiger partial charge in [0.05, 0.1) is 12.1 Å². The lowest BCUT2D eigenvalue weighted by molar-refractivity contribution is 0.591. The van der Waals surface area contributed by atoms with Gasteiger partial charge in [-0.2, -0.15) is 0 Å². The largest absolute Gasteiger partial charge is 0.322 e. The number of hydrogen-bond acceptors (Lipinski definition) is 4. The predicted molar refractivity (Wildman–Crippen MR) is 72.0 cm³/mol. The monoisotopic (exact) mass is 252 g/mol. The summed E-state index contributed by atoms with van der Waals surface area (Å²) in [6.45, 7) is 4.15. The van der Waals surface area contributed by atoms with Gasteiger partial charge in [0.15, 0.2) is 0 Å². The van der Waals surface area contributed by atoms with Crippen molar-refractivity contribution in [1.29, 1.82) is 0 Å². The SMILES string of the molecule is Cc1csc(C(N)C(N)c2cc(C)cs2)c1. The zero-order valence-electron chi connectivity index (χ0n) is 9.44. The van der Waals surface area contributed by atoms with Crippen LogP contribution in [0.25, 0.3) is 0 Å². The van der Waals surface area contributed by atoms with Crippen LogP contribution in [0.3, 0.4) is 0 Å². The molecular formula is C12H16N2S2. The van der Waals surface area contributed by atoms with Gasteiger partial charge in [-0.15, -0.1) is 22.7 Å². The maximum absolute atomic E-state index is 6.19. The molecule has 2 rings (SSSR count). The molecule has 86 valence electrons. The van der Waals surface area contributed by atoms with Gasteiger partial charge in [-0.3, -0.25) is 0 Å². The van der Waals surface area contributed by atoms with Gasteiger partial charge in [-0.1, -0.05) is 0 Å². The molecule has 0 amide bonds. The second kappa shape index (κ2) is 4.67. The van der Waals surface area contributed by atoms with Crippen LogP contribution >= 0.6 is 22.7 Å². The summed E-state index contributed by atoms with van der Waals surface area (Å²) in [5.74, 6) is 0. The van der Waals surface area contributed by atoms with Crippen molar-refractivity contribution in [2.45, 2.75) is 25.9 Å². The summed E-state index contributed by atoms with van der Waals surface area (Å²) in [6, 6.07) is 4.04. The van der Waals surface area contributed by atoms with Crippen molar-refractivity contribution in [3.63, 3.8) is 0 Å². The Morgan fingerprint density at radius 2 is 1.25 bits per heavy atom. The maximum Gasteiger partial charge on any atom is 0.0593 e. The minimum atomic E-state index is -0.100. The third kappa shape index (κ3) is 2.35. The van der Waals surface area contributed by atoms with Crippen molar-refractivity contribution in [3.05, 3.63) is 43.8 Å². The summed E-state index contributed by atoms with van der Waals surface area (Å²) in [5.41, 5.74) is 14.9. The van der Waals surface area contributed by atoms with Gasteiger partial charge in [-0.05, 0) is 47.9 Å². The van der Waals surface area contributed by atoms with Gasteiger partial charge in [0.25, 0.3) is 0 Å². The number of thiophene rings is 2. The zero-order valence-corrected chi connectivity index (χ0v) is 11.1. The Morgan fingerprint density at radius 1 is 0.875 bits per heavy atom. The highest BCUT2D eigenvalue weighted by molar-refractivity contribution is 7.10. The Kier molecular flexibility index (Phi) is 3.44. The quantitative estimate of drug-likeness (QED) is 0.881. The average Bonchev–Trinajstić information content (AvgIpc) is 2.85. The molecule has 2 nitrogen and oxygen atoms in total. The fourth-order valence-electron chi connectivity index (χ4n) is 1.61. The van der Waals surface area contributed by atoms with E-state index in [0.29, 0.717) is 0 Å². The Hall–Kier alpha value is -0.680. The lowest BCUT2D eigenvalue weighted by Gasteiger charge is -2.17. The summed E-state index contributed by atoms with van der Waals surface area (Å²) in [6.07, 6.45) is 0. The van der Waals surface area contributed by atoms with E-state index in [0.717, 1.165) is 9.75 Å². The van der Waals surface area contributed by atoms with Gasteiger partial charge >= 0.3 is 0 Å². The van der Waals surface area contributed by atoms with Gasteiger partial charge < -0.3 is 11.5 Å².